The van der Waals surface area contributed by atoms with Crippen LogP contribution in [0.1, 0.15) is 49.1 Å². The Bertz CT molecular complexity index is 1320. The SMILES string of the molecule is COc1cccc(CN2C(=O)C(=O)/C(=C(/O)c3cc(C(C)(C)C)ccc3OC)C2c2ccncc2)c1. The number of methoxy groups -OCH3 is 2. The molecule has 1 fully saturated rings. The molecule has 186 valence electrons. The van der Waals surface area contributed by atoms with Gasteiger partial charge in [-0.1, -0.05) is 39.0 Å². The first kappa shape index (κ1) is 25.0. The third-order valence-corrected chi connectivity index (χ3v) is 6.37. The first-order chi connectivity index (χ1) is 17.2. The van der Waals surface area contributed by atoms with E-state index in [1.807, 2.05) is 36.4 Å². The van der Waals surface area contributed by atoms with Crippen LogP contribution in [0, 0.1) is 0 Å². The van der Waals surface area contributed by atoms with Crippen molar-refractivity contribution >= 4 is 17.4 Å². The lowest BCUT2D eigenvalue weighted by Gasteiger charge is -2.26. The summed E-state index contributed by atoms with van der Waals surface area (Å²) in [6.07, 6.45) is 3.20. The number of hydrogen-bond donors (Lipinski definition) is 1. The fraction of sp³-hybridized carbons (Fsp3) is 0.276. The maximum atomic E-state index is 13.4. The molecule has 1 aliphatic heterocycles. The average molecular weight is 487 g/mol. The van der Waals surface area contributed by atoms with Gasteiger partial charge in [0.1, 0.15) is 17.3 Å². The second kappa shape index (κ2) is 9.85. The topological polar surface area (TPSA) is 89.0 Å². The quantitative estimate of drug-likeness (QED) is 0.299. The highest BCUT2D eigenvalue weighted by molar-refractivity contribution is 6.46. The molecule has 0 spiro atoms. The number of carbonyl (C=O) groups excluding carboxylic acids is 2. The van der Waals surface area contributed by atoms with Gasteiger partial charge in [-0.3, -0.25) is 14.6 Å². The Balaban J connectivity index is 1.90. The van der Waals surface area contributed by atoms with Crippen molar-refractivity contribution in [2.24, 2.45) is 0 Å². The van der Waals surface area contributed by atoms with E-state index in [1.54, 1.807) is 37.7 Å². The molecule has 0 bridgehead atoms. The number of ketones is 1. The molecule has 0 radical (unpaired) electrons. The van der Waals surface area contributed by atoms with E-state index in [1.165, 1.54) is 12.0 Å². The van der Waals surface area contributed by atoms with Crippen LogP contribution in [0.4, 0.5) is 0 Å². The first-order valence-electron chi connectivity index (χ1n) is 11.7. The number of aliphatic hydroxyl groups is 1. The predicted octanol–water partition coefficient (Wildman–Crippen LogP) is 5.02. The molecule has 36 heavy (non-hydrogen) atoms. The molecule has 2 heterocycles. The predicted molar refractivity (Wildman–Crippen MR) is 137 cm³/mol. The van der Waals surface area contributed by atoms with Crippen LogP contribution in [-0.4, -0.2) is 40.9 Å². The van der Waals surface area contributed by atoms with E-state index in [9.17, 15) is 14.7 Å². The molecule has 1 amide bonds. The molecule has 0 saturated carbocycles. The van der Waals surface area contributed by atoms with Gasteiger partial charge >= 0.3 is 0 Å². The summed E-state index contributed by atoms with van der Waals surface area (Å²) < 4.78 is 10.8. The van der Waals surface area contributed by atoms with Gasteiger partial charge in [0, 0.05) is 18.9 Å². The summed E-state index contributed by atoms with van der Waals surface area (Å²) in [5, 5.41) is 11.6. The van der Waals surface area contributed by atoms with E-state index < -0.39 is 17.7 Å². The van der Waals surface area contributed by atoms with Gasteiger partial charge in [0.2, 0.25) is 0 Å². The smallest absolute Gasteiger partial charge is 0.295 e. The zero-order valence-electron chi connectivity index (χ0n) is 21.1. The number of hydrogen-bond acceptors (Lipinski definition) is 6. The van der Waals surface area contributed by atoms with Gasteiger partial charge in [-0.2, -0.15) is 0 Å². The standard InChI is InChI=1S/C29H30N2O5/c1-29(2,3)20-9-10-23(36-5)22(16-20)26(32)24-25(19-11-13-30-14-12-19)31(28(34)27(24)33)17-18-7-6-8-21(15-18)35-4/h6-16,25,32H,17H2,1-5H3/b26-24+. The molecule has 3 aromatic rings. The van der Waals surface area contributed by atoms with Gasteiger partial charge < -0.3 is 19.5 Å². The lowest BCUT2D eigenvalue weighted by molar-refractivity contribution is -0.140. The molecule has 7 nitrogen and oxygen atoms in total. The zero-order valence-corrected chi connectivity index (χ0v) is 21.1. The maximum Gasteiger partial charge on any atom is 0.295 e. The highest BCUT2D eigenvalue weighted by Gasteiger charge is 2.46. The minimum absolute atomic E-state index is 0.0125. The number of aliphatic hydroxyl groups excluding tert-OH is 1. The monoisotopic (exact) mass is 486 g/mol. The Labute approximate surface area is 211 Å². The van der Waals surface area contributed by atoms with Gasteiger partial charge in [-0.05, 0) is 58.5 Å². The van der Waals surface area contributed by atoms with Crippen LogP contribution in [0.25, 0.3) is 5.76 Å². The molecule has 0 aliphatic carbocycles. The Morgan fingerprint density at radius 1 is 1.00 bits per heavy atom. The van der Waals surface area contributed by atoms with E-state index in [0.29, 0.717) is 22.6 Å². The molecule has 1 saturated heterocycles. The Morgan fingerprint density at radius 3 is 2.36 bits per heavy atom. The molecule has 1 aliphatic rings. The van der Waals surface area contributed by atoms with Crippen molar-refractivity contribution in [1.82, 2.24) is 9.88 Å². The van der Waals surface area contributed by atoms with Crippen LogP contribution < -0.4 is 9.47 Å². The number of aromatic nitrogens is 1. The molecule has 1 aromatic heterocycles. The fourth-order valence-electron chi connectivity index (χ4n) is 4.41. The number of ether oxygens (including phenoxy) is 2. The molecule has 1 N–H and O–H groups in total. The van der Waals surface area contributed by atoms with Gasteiger partial charge in [0.15, 0.2) is 0 Å². The Hall–Kier alpha value is -4.13. The molecule has 7 heteroatoms. The maximum absolute atomic E-state index is 13.4. The van der Waals surface area contributed by atoms with Crippen molar-refractivity contribution in [1.29, 1.82) is 0 Å². The number of pyridine rings is 1. The number of Topliss-reactive ketones (excluding diaryl/α,β-unsaturated/α-hetero) is 1. The number of nitrogens with zero attached hydrogens (tertiary/aromatic N) is 2. The van der Waals surface area contributed by atoms with Crippen molar-refractivity contribution in [3.8, 4) is 11.5 Å². The minimum atomic E-state index is -0.804. The highest BCUT2D eigenvalue weighted by Crippen LogP contribution is 2.42. The highest BCUT2D eigenvalue weighted by atomic mass is 16.5. The van der Waals surface area contributed by atoms with Gasteiger partial charge in [0.05, 0.1) is 31.4 Å². The van der Waals surface area contributed by atoms with E-state index in [0.717, 1.165) is 11.1 Å². The third kappa shape index (κ3) is 4.69. The van der Waals surface area contributed by atoms with Crippen LogP contribution in [0.2, 0.25) is 0 Å². The van der Waals surface area contributed by atoms with Crippen molar-refractivity contribution in [2.75, 3.05) is 14.2 Å². The average Bonchev–Trinajstić information content (AvgIpc) is 3.12. The van der Waals surface area contributed by atoms with Crippen molar-refractivity contribution < 1.29 is 24.2 Å². The number of likely N-dealkylation sites (tertiary alicyclic amines) is 1. The fourth-order valence-corrected chi connectivity index (χ4v) is 4.41. The van der Waals surface area contributed by atoms with E-state index >= 15 is 0 Å². The lowest BCUT2D eigenvalue weighted by atomic mass is 9.85. The van der Waals surface area contributed by atoms with Crippen LogP contribution in [-0.2, 0) is 21.5 Å². The van der Waals surface area contributed by atoms with Crippen molar-refractivity contribution in [3.63, 3.8) is 0 Å². The molecular formula is C29H30N2O5. The summed E-state index contributed by atoms with van der Waals surface area (Å²) in [7, 11) is 3.08. The normalized spacial score (nSPS) is 17.4. The summed E-state index contributed by atoms with van der Waals surface area (Å²) in [6.45, 7) is 6.33. The number of amides is 1. The Kier molecular flexibility index (Phi) is 6.84. The van der Waals surface area contributed by atoms with Crippen molar-refractivity contribution in [3.05, 3.63) is 94.8 Å². The van der Waals surface area contributed by atoms with Crippen LogP contribution in [0.15, 0.2) is 72.6 Å². The molecular weight excluding hydrogens is 456 g/mol. The van der Waals surface area contributed by atoms with Crippen LogP contribution in [0.5, 0.6) is 11.5 Å². The summed E-state index contributed by atoms with van der Waals surface area (Å²) in [4.78, 5) is 32.3. The minimum Gasteiger partial charge on any atom is -0.507 e. The summed E-state index contributed by atoms with van der Waals surface area (Å²) in [6, 6.07) is 15.5. The lowest BCUT2D eigenvalue weighted by Crippen LogP contribution is -2.29. The molecule has 1 unspecified atom stereocenters. The summed E-state index contributed by atoms with van der Waals surface area (Å²) >= 11 is 0. The number of benzene rings is 2. The molecule has 4 rings (SSSR count). The van der Waals surface area contributed by atoms with Crippen LogP contribution >= 0.6 is 0 Å². The van der Waals surface area contributed by atoms with Crippen LogP contribution in [0.3, 0.4) is 0 Å². The van der Waals surface area contributed by atoms with Gasteiger partial charge in [-0.25, -0.2) is 0 Å². The number of carbonyl (C=O) groups is 2. The zero-order chi connectivity index (χ0) is 26.0. The second-order valence-electron chi connectivity index (χ2n) is 9.72. The van der Waals surface area contributed by atoms with Gasteiger partial charge in [-0.15, -0.1) is 0 Å². The first-order valence-corrected chi connectivity index (χ1v) is 11.7. The van der Waals surface area contributed by atoms with Gasteiger partial charge in [0.25, 0.3) is 11.7 Å². The van der Waals surface area contributed by atoms with E-state index in [2.05, 4.69) is 25.8 Å². The molecule has 1 atom stereocenters. The molecule has 2 aromatic carbocycles. The number of rotatable bonds is 6. The summed E-state index contributed by atoms with van der Waals surface area (Å²) in [5.41, 5.74) is 2.59. The van der Waals surface area contributed by atoms with Crippen molar-refractivity contribution in [2.45, 2.75) is 38.8 Å². The largest absolute Gasteiger partial charge is 0.507 e. The second-order valence-corrected chi connectivity index (χ2v) is 9.72. The summed E-state index contributed by atoms with van der Waals surface area (Å²) in [5.74, 6) is -0.653. The third-order valence-electron chi connectivity index (χ3n) is 6.37. The Morgan fingerprint density at radius 2 is 1.72 bits per heavy atom. The van der Waals surface area contributed by atoms with E-state index in [4.69, 9.17) is 9.47 Å². The van der Waals surface area contributed by atoms with E-state index in [-0.39, 0.29) is 23.3 Å².